The molecule has 1 saturated heterocycles. The van der Waals surface area contributed by atoms with E-state index in [1.807, 2.05) is 0 Å². The van der Waals surface area contributed by atoms with Crippen molar-refractivity contribution in [3.8, 4) is 5.75 Å². The van der Waals surface area contributed by atoms with Gasteiger partial charge in [0.15, 0.2) is 0 Å². The van der Waals surface area contributed by atoms with Crippen LogP contribution in [0.25, 0.3) is 0 Å². The second-order valence-electron chi connectivity index (χ2n) is 10.3. The quantitative estimate of drug-likeness (QED) is 0.602. The first-order chi connectivity index (χ1) is 15.3. The van der Waals surface area contributed by atoms with Crippen molar-refractivity contribution >= 4 is 5.97 Å². The third kappa shape index (κ3) is 4.12. The van der Waals surface area contributed by atoms with Crippen LogP contribution in [0.4, 0.5) is 4.53 Å². The summed E-state index contributed by atoms with van der Waals surface area (Å²) >= 11 is 0. The topological polar surface area (TPSA) is 66.8 Å². The molecule has 4 rings (SSSR count). The molecule has 2 saturated carbocycles. The molecule has 3 fully saturated rings. The normalized spacial score (nSPS) is 34.3. The highest BCUT2D eigenvalue weighted by atomic mass is 19.3. The Balaban J connectivity index is 1.43. The first-order valence-electron chi connectivity index (χ1n) is 11.7. The Morgan fingerprint density at radius 1 is 1.31 bits per heavy atom. The number of hydrogen-bond donors (Lipinski definition) is 0. The lowest BCUT2D eigenvalue weighted by Gasteiger charge is -2.62. The molecule has 1 aromatic heterocycles. The Hall–Kier alpha value is -2.15. The predicted molar refractivity (Wildman–Crippen MR) is 118 cm³/mol. The summed E-state index contributed by atoms with van der Waals surface area (Å²) in [6.45, 7) is 11.1. The van der Waals surface area contributed by atoms with Crippen molar-refractivity contribution in [2.24, 2.45) is 28.6 Å². The molecule has 0 aromatic carbocycles. The maximum absolute atomic E-state index is 12.1. The van der Waals surface area contributed by atoms with Gasteiger partial charge in [0.05, 0.1) is 13.2 Å². The summed E-state index contributed by atoms with van der Waals surface area (Å²) in [4.78, 5) is 26.3. The van der Waals surface area contributed by atoms with Gasteiger partial charge in [0, 0.05) is 23.4 Å². The third-order valence-electron chi connectivity index (χ3n) is 8.65. The first-order valence-corrected chi connectivity index (χ1v) is 11.7. The van der Waals surface area contributed by atoms with Crippen LogP contribution in [0, 0.1) is 28.6 Å². The van der Waals surface area contributed by atoms with Gasteiger partial charge in [0.25, 0.3) is 5.56 Å². The van der Waals surface area contributed by atoms with Crippen LogP contribution in [0.3, 0.4) is 0 Å². The highest BCUT2D eigenvalue weighted by molar-refractivity contribution is 5.68. The minimum atomic E-state index is -1.12. The lowest BCUT2D eigenvalue weighted by Crippen LogP contribution is -2.57. The van der Waals surface area contributed by atoms with E-state index >= 15 is 0 Å². The Morgan fingerprint density at radius 3 is 2.88 bits per heavy atom. The molecule has 7 heteroatoms. The molecule has 3 aliphatic rings. The minimum Gasteiger partial charge on any atom is -0.493 e. The van der Waals surface area contributed by atoms with Crippen molar-refractivity contribution in [1.82, 2.24) is 4.57 Å². The molecule has 32 heavy (non-hydrogen) atoms. The Bertz CT molecular complexity index is 929. The van der Waals surface area contributed by atoms with Crippen LogP contribution in [0.2, 0.25) is 0 Å². The maximum Gasteiger partial charge on any atom is 0.368 e. The van der Waals surface area contributed by atoms with Gasteiger partial charge in [-0.15, -0.1) is 0 Å². The molecule has 1 aliphatic heterocycles. The van der Waals surface area contributed by atoms with E-state index in [0.717, 1.165) is 36.5 Å². The molecule has 0 N–H and O–H groups in total. The predicted octanol–water partition coefficient (Wildman–Crippen LogP) is 4.47. The zero-order chi connectivity index (χ0) is 22.9. The number of rotatable bonds is 6. The van der Waals surface area contributed by atoms with Crippen LogP contribution in [-0.2, 0) is 21.0 Å². The summed E-state index contributed by atoms with van der Waals surface area (Å²) < 4.78 is 24.9. The second kappa shape index (κ2) is 9.00. The monoisotopic (exact) mass is 447 g/mol. The van der Waals surface area contributed by atoms with E-state index in [2.05, 4.69) is 25.4 Å². The van der Waals surface area contributed by atoms with Crippen LogP contribution in [-0.4, -0.2) is 30.4 Å². The summed E-state index contributed by atoms with van der Waals surface area (Å²) in [7, 11) is 0. The van der Waals surface area contributed by atoms with Crippen molar-refractivity contribution in [1.29, 1.82) is 0 Å². The number of carbonyl (C=O) groups is 1. The van der Waals surface area contributed by atoms with Crippen molar-refractivity contribution < 1.29 is 23.7 Å². The Morgan fingerprint density at radius 2 is 2.12 bits per heavy atom. The van der Waals surface area contributed by atoms with Gasteiger partial charge in [0.1, 0.15) is 12.3 Å². The Labute approximate surface area is 188 Å². The number of hydrogen-bond acceptors (Lipinski definition) is 5. The number of carbonyl (C=O) groups excluding carboxylic acids is 1. The van der Waals surface area contributed by atoms with E-state index in [1.54, 1.807) is 6.07 Å². The molecule has 176 valence electrons. The van der Waals surface area contributed by atoms with Crippen LogP contribution >= 0.6 is 0 Å². The van der Waals surface area contributed by atoms with Gasteiger partial charge in [-0.2, -0.15) is 0 Å². The van der Waals surface area contributed by atoms with Crippen molar-refractivity contribution in [3.05, 3.63) is 40.8 Å². The highest BCUT2D eigenvalue weighted by Gasteiger charge is 2.58. The number of allylic oxidation sites excluding steroid dienone is 1. The van der Waals surface area contributed by atoms with Gasteiger partial charge in [-0.3, -0.25) is 9.74 Å². The van der Waals surface area contributed by atoms with Gasteiger partial charge in [-0.1, -0.05) is 26.0 Å². The molecule has 0 radical (unpaired) electrons. The first kappa shape index (κ1) is 23.0. The average molecular weight is 448 g/mol. The fourth-order valence-electron chi connectivity index (χ4n) is 6.99. The van der Waals surface area contributed by atoms with Crippen LogP contribution in [0.5, 0.6) is 5.75 Å². The third-order valence-corrected chi connectivity index (χ3v) is 8.65. The zero-order valence-electron chi connectivity index (χ0n) is 19.1. The molecular weight excluding hydrogens is 413 g/mol. The largest absolute Gasteiger partial charge is 0.493 e. The van der Waals surface area contributed by atoms with E-state index in [9.17, 15) is 14.1 Å². The number of halogens is 1. The summed E-state index contributed by atoms with van der Waals surface area (Å²) in [5.74, 6) is 1.06. The zero-order valence-corrected chi connectivity index (χ0v) is 19.1. The molecule has 5 atom stereocenters. The van der Waals surface area contributed by atoms with Crippen LogP contribution < -0.4 is 10.3 Å². The molecule has 1 aromatic rings. The lowest BCUT2D eigenvalue weighted by atomic mass is 9.44. The van der Waals surface area contributed by atoms with E-state index in [0.29, 0.717) is 24.2 Å². The average Bonchev–Trinajstić information content (AvgIpc) is 2.76. The summed E-state index contributed by atoms with van der Waals surface area (Å²) in [6.07, 6.45) is 8.13. The molecule has 6 nitrogen and oxygen atoms in total. The molecule has 0 spiro atoms. The van der Waals surface area contributed by atoms with Crippen molar-refractivity contribution in [2.45, 2.75) is 58.9 Å². The fourth-order valence-corrected chi connectivity index (χ4v) is 6.99. The second-order valence-corrected chi connectivity index (χ2v) is 10.3. The van der Waals surface area contributed by atoms with Gasteiger partial charge in [-0.05, 0) is 73.2 Å². The molecule has 2 aliphatic carbocycles. The summed E-state index contributed by atoms with van der Waals surface area (Å²) in [6, 6.07) is 2.93. The fraction of sp³-hybridized carbons (Fsp3) is 0.680. The van der Waals surface area contributed by atoms with Gasteiger partial charge in [-0.25, -0.2) is 4.79 Å². The minimum absolute atomic E-state index is 0.181. The Kier molecular flexibility index (Phi) is 6.48. The number of aromatic nitrogens is 1. The number of ether oxygens (including phenoxy) is 2. The number of pyridine rings is 1. The van der Waals surface area contributed by atoms with Crippen molar-refractivity contribution in [2.75, 3.05) is 19.8 Å². The lowest BCUT2D eigenvalue weighted by molar-refractivity contribution is -0.184. The van der Waals surface area contributed by atoms with Gasteiger partial charge in [0.2, 0.25) is 0 Å². The van der Waals surface area contributed by atoms with E-state index in [4.69, 9.17) is 9.47 Å². The molecular formula is C25H34FNO5. The molecule has 4 unspecified atom stereocenters. The van der Waals surface area contributed by atoms with Crippen LogP contribution in [0.1, 0.15) is 52.4 Å². The standard InChI is InChI=1S/C25H34FNO5/c1-17-4-5-21-24(2,10-6-18-8-12-30-16-25(18,21)3)20(17)9-13-31-19-7-11-27(22(28)14-19)15-23(29)32-26/h7,11,14,18,20-21H,1,4-6,8-10,12-13,15-16H2,2-3H3/t18?,20?,21?,24?,25-/m1/s1. The molecule has 0 bridgehead atoms. The highest BCUT2D eigenvalue weighted by Crippen LogP contribution is 2.64. The maximum atomic E-state index is 12.1. The number of fused-ring (bicyclic) bond motifs is 3. The SMILES string of the molecule is C=C1CCC2C(C)(CCC3CCOC[C@]32C)C1CCOc1ccn(CC(=O)OF)c(=O)c1. The molecule has 0 amide bonds. The van der Waals surface area contributed by atoms with Gasteiger partial charge >= 0.3 is 5.97 Å². The van der Waals surface area contributed by atoms with E-state index in [1.165, 1.54) is 43.5 Å². The summed E-state index contributed by atoms with van der Waals surface area (Å²) in [5, 5.41) is 0. The van der Waals surface area contributed by atoms with E-state index in [-0.39, 0.29) is 10.8 Å². The van der Waals surface area contributed by atoms with Gasteiger partial charge < -0.3 is 14.0 Å². The smallest absolute Gasteiger partial charge is 0.368 e. The number of nitrogens with zero attached hydrogens (tertiary/aromatic N) is 1. The van der Waals surface area contributed by atoms with E-state index < -0.39 is 18.1 Å². The molecule has 2 heterocycles. The van der Waals surface area contributed by atoms with Crippen LogP contribution in [0.15, 0.2) is 35.3 Å². The van der Waals surface area contributed by atoms with Crippen molar-refractivity contribution in [3.63, 3.8) is 0 Å². The summed E-state index contributed by atoms with van der Waals surface area (Å²) in [5.41, 5.74) is 1.29.